The summed E-state index contributed by atoms with van der Waals surface area (Å²) < 4.78 is 20.0. The molecule has 0 spiro atoms. The molecule has 0 radical (unpaired) electrons. The highest BCUT2D eigenvalue weighted by Crippen LogP contribution is 2.28. The standard InChI is InChI=1S/C27H30FN3O2/c1-29-14-13-26(21-8-6-9-22(28)18-21)33-19-20-7-5-10-23(17-20)31-16-15-30(2)25-12-4-3-11-24(25)27(31)32/h3-12,17-18,26,29H,13-16,19H2,1-2H3. The fourth-order valence-corrected chi connectivity index (χ4v) is 4.19. The first-order valence-corrected chi connectivity index (χ1v) is 11.3. The minimum Gasteiger partial charge on any atom is -0.372 e. The highest BCUT2D eigenvalue weighted by molar-refractivity contribution is 6.10. The number of nitrogens with zero attached hydrogens (tertiary/aromatic N) is 2. The van der Waals surface area contributed by atoms with Crippen molar-refractivity contribution in [3.8, 4) is 0 Å². The summed E-state index contributed by atoms with van der Waals surface area (Å²) in [6.07, 6.45) is 0.505. The van der Waals surface area contributed by atoms with Crippen LogP contribution in [0.1, 0.15) is 34.0 Å². The van der Waals surface area contributed by atoms with E-state index in [9.17, 15) is 9.18 Å². The van der Waals surface area contributed by atoms with Gasteiger partial charge in [-0.2, -0.15) is 0 Å². The largest absolute Gasteiger partial charge is 0.372 e. The van der Waals surface area contributed by atoms with Gasteiger partial charge in [0.05, 0.1) is 18.3 Å². The SMILES string of the molecule is CNCCC(OCc1cccc(N2CCN(C)c3ccccc3C2=O)c1)c1cccc(F)c1. The van der Waals surface area contributed by atoms with E-state index in [0.717, 1.165) is 42.0 Å². The molecule has 6 heteroatoms. The Labute approximate surface area is 194 Å². The second kappa shape index (κ2) is 10.6. The molecule has 0 bridgehead atoms. The molecule has 1 aliphatic rings. The number of hydrogen-bond acceptors (Lipinski definition) is 4. The van der Waals surface area contributed by atoms with E-state index in [-0.39, 0.29) is 17.8 Å². The Morgan fingerprint density at radius 1 is 1.03 bits per heavy atom. The van der Waals surface area contributed by atoms with Crippen LogP contribution in [-0.4, -0.2) is 39.6 Å². The molecular formula is C27H30FN3O2. The summed E-state index contributed by atoms with van der Waals surface area (Å²) in [5.41, 5.74) is 4.30. The van der Waals surface area contributed by atoms with Crippen LogP contribution >= 0.6 is 0 Å². The summed E-state index contributed by atoms with van der Waals surface area (Å²) in [5.74, 6) is -0.267. The molecule has 33 heavy (non-hydrogen) atoms. The van der Waals surface area contributed by atoms with E-state index in [1.807, 2.05) is 73.6 Å². The van der Waals surface area contributed by atoms with Crippen LogP contribution in [-0.2, 0) is 11.3 Å². The number of benzene rings is 3. The Kier molecular flexibility index (Phi) is 7.37. The lowest BCUT2D eigenvalue weighted by Gasteiger charge is -2.23. The summed E-state index contributed by atoms with van der Waals surface area (Å²) in [4.78, 5) is 17.3. The van der Waals surface area contributed by atoms with Crippen molar-refractivity contribution < 1.29 is 13.9 Å². The van der Waals surface area contributed by atoms with Crippen LogP contribution < -0.4 is 15.1 Å². The zero-order valence-electron chi connectivity index (χ0n) is 19.1. The second-order valence-electron chi connectivity index (χ2n) is 8.31. The molecule has 0 aliphatic carbocycles. The lowest BCUT2D eigenvalue weighted by molar-refractivity contribution is 0.0342. The minimum absolute atomic E-state index is 0.000300. The quantitative estimate of drug-likeness (QED) is 0.539. The van der Waals surface area contributed by atoms with Crippen LogP contribution in [0.3, 0.4) is 0 Å². The number of fused-ring (bicyclic) bond motifs is 1. The third-order valence-electron chi connectivity index (χ3n) is 6.00. The molecule has 0 saturated heterocycles. The van der Waals surface area contributed by atoms with Gasteiger partial charge in [0.2, 0.25) is 0 Å². The number of ether oxygens (including phenoxy) is 1. The number of likely N-dealkylation sites (N-methyl/N-ethyl adjacent to an activating group) is 1. The predicted octanol–water partition coefficient (Wildman–Crippen LogP) is 4.79. The van der Waals surface area contributed by atoms with Crippen molar-refractivity contribution in [3.63, 3.8) is 0 Å². The van der Waals surface area contributed by atoms with E-state index in [0.29, 0.717) is 18.7 Å². The fourth-order valence-electron chi connectivity index (χ4n) is 4.19. The maximum absolute atomic E-state index is 13.8. The maximum atomic E-state index is 13.8. The molecule has 1 N–H and O–H groups in total. The number of halogens is 1. The zero-order chi connectivity index (χ0) is 23.2. The van der Waals surface area contributed by atoms with Crippen molar-refractivity contribution >= 4 is 17.3 Å². The molecule has 1 aliphatic heterocycles. The first-order valence-electron chi connectivity index (χ1n) is 11.3. The van der Waals surface area contributed by atoms with Crippen LogP contribution in [0.4, 0.5) is 15.8 Å². The van der Waals surface area contributed by atoms with Crippen molar-refractivity contribution in [2.45, 2.75) is 19.1 Å². The van der Waals surface area contributed by atoms with Crippen LogP contribution in [0.2, 0.25) is 0 Å². The Morgan fingerprint density at radius 2 is 1.85 bits per heavy atom. The molecule has 172 valence electrons. The number of amides is 1. The first kappa shape index (κ1) is 23.0. The third-order valence-corrected chi connectivity index (χ3v) is 6.00. The molecule has 1 heterocycles. The number of carbonyl (C=O) groups is 1. The summed E-state index contributed by atoms with van der Waals surface area (Å²) in [5, 5.41) is 3.13. The lowest BCUT2D eigenvalue weighted by Crippen LogP contribution is -2.33. The molecular weight excluding hydrogens is 417 g/mol. The Balaban J connectivity index is 1.52. The molecule has 1 amide bonds. The van der Waals surface area contributed by atoms with Gasteiger partial charge in [-0.05, 0) is 67.5 Å². The molecule has 1 unspecified atom stereocenters. The monoisotopic (exact) mass is 447 g/mol. The maximum Gasteiger partial charge on any atom is 0.260 e. The minimum atomic E-state index is -0.266. The first-order chi connectivity index (χ1) is 16.1. The van der Waals surface area contributed by atoms with Gasteiger partial charge >= 0.3 is 0 Å². The van der Waals surface area contributed by atoms with Crippen LogP contribution in [0.5, 0.6) is 0 Å². The number of anilines is 2. The van der Waals surface area contributed by atoms with E-state index in [1.54, 1.807) is 6.07 Å². The number of rotatable bonds is 8. The average Bonchev–Trinajstić information content (AvgIpc) is 2.96. The Hall–Kier alpha value is -3.22. The van der Waals surface area contributed by atoms with Gasteiger partial charge in [-0.25, -0.2) is 4.39 Å². The van der Waals surface area contributed by atoms with E-state index < -0.39 is 0 Å². The highest BCUT2D eigenvalue weighted by atomic mass is 19.1. The molecule has 3 aromatic rings. The van der Waals surface area contributed by atoms with Crippen LogP contribution in [0.15, 0.2) is 72.8 Å². The van der Waals surface area contributed by atoms with Gasteiger partial charge in [-0.3, -0.25) is 4.79 Å². The van der Waals surface area contributed by atoms with Gasteiger partial charge in [-0.1, -0.05) is 36.4 Å². The van der Waals surface area contributed by atoms with E-state index in [4.69, 9.17) is 4.74 Å². The second-order valence-corrected chi connectivity index (χ2v) is 8.31. The fraction of sp³-hybridized carbons (Fsp3) is 0.296. The third kappa shape index (κ3) is 5.41. The summed E-state index contributed by atoms with van der Waals surface area (Å²) in [7, 11) is 3.90. The number of carbonyl (C=O) groups excluding carboxylic acids is 1. The Morgan fingerprint density at radius 3 is 2.67 bits per heavy atom. The van der Waals surface area contributed by atoms with Gasteiger partial charge in [0, 0.05) is 31.5 Å². The van der Waals surface area contributed by atoms with Gasteiger partial charge in [0.25, 0.3) is 5.91 Å². The van der Waals surface area contributed by atoms with Crippen molar-refractivity contribution in [1.82, 2.24) is 5.32 Å². The predicted molar refractivity (Wildman–Crippen MR) is 130 cm³/mol. The highest BCUT2D eigenvalue weighted by Gasteiger charge is 2.25. The van der Waals surface area contributed by atoms with Crippen molar-refractivity contribution in [3.05, 3.63) is 95.3 Å². The molecule has 4 rings (SSSR count). The van der Waals surface area contributed by atoms with E-state index >= 15 is 0 Å². The molecule has 3 aromatic carbocycles. The average molecular weight is 448 g/mol. The van der Waals surface area contributed by atoms with Crippen LogP contribution in [0, 0.1) is 5.82 Å². The van der Waals surface area contributed by atoms with Crippen LogP contribution in [0.25, 0.3) is 0 Å². The van der Waals surface area contributed by atoms with E-state index in [1.165, 1.54) is 12.1 Å². The van der Waals surface area contributed by atoms with E-state index in [2.05, 4.69) is 10.2 Å². The van der Waals surface area contributed by atoms with Gasteiger partial charge in [0.1, 0.15) is 5.82 Å². The van der Waals surface area contributed by atoms with Crippen molar-refractivity contribution in [1.29, 1.82) is 0 Å². The van der Waals surface area contributed by atoms with Gasteiger partial charge < -0.3 is 19.9 Å². The molecule has 5 nitrogen and oxygen atoms in total. The molecule has 0 saturated carbocycles. The summed E-state index contributed by atoms with van der Waals surface area (Å²) >= 11 is 0. The summed E-state index contributed by atoms with van der Waals surface area (Å²) in [6, 6.07) is 22.2. The number of para-hydroxylation sites is 1. The Bertz CT molecular complexity index is 1100. The number of hydrogen-bond donors (Lipinski definition) is 1. The van der Waals surface area contributed by atoms with Crippen molar-refractivity contribution in [2.75, 3.05) is 43.5 Å². The topological polar surface area (TPSA) is 44.8 Å². The van der Waals surface area contributed by atoms with Gasteiger partial charge in [0.15, 0.2) is 0 Å². The molecule has 0 fully saturated rings. The normalized spacial score (nSPS) is 14.7. The molecule has 1 atom stereocenters. The smallest absolute Gasteiger partial charge is 0.260 e. The lowest BCUT2D eigenvalue weighted by atomic mass is 10.1. The summed E-state index contributed by atoms with van der Waals surface area (Å²) in [6.45, 7) is 2.48. The van der Waals surface area contributed by atoms with Gasteiger partial charge in [-0.15, -0.1) is 0 Å². The number of nitrogens with one attached hydrogen (secondary N) is 1. The molecule has 0 aromatic heterocycles. The van der Waals surface area contributed by atoms with Crippen molar-refractivity contribution in [2.24, 2.45) is 0 Å². The zero-order valence-corrected chi connectivity index (χ0v) is 19.1.